The van der Waals surface area contributed by atoms with E-state index < -0.39 is 28.3 Å². The summed E-state index contributed by atoms with van der Waals surface area (Å²) in [7, 11) is -0.658. The predicted molar refractivity (Wildman–Crippen MR) is 225 cm³/mol. The number of ether oxygens (including phenoxy) is 4. The summed E-state index contributed by atoms with van der Waals surface area (Å²) in [6.07, 6.45) is -0.0231. The van der Waals surface area contributed by atoms with E-state index in [2.05, 4.69) is 34.0 Å². The molecule has 0 aromatic heterocycles. The Morgan fingerprint density at radius 2 is 1.47 bits per heavy atom. The molecule has 2 aliphatic heterocycles. The van der Waals surface area contributed by atoms with Gasteiger partial charge in [-0.3, -0.25) is 9.69 Å². The third-order valence-corrected chi connectivity index (χ3v) is 12.8. The SMILES string of the molecule is COc1cc2c(cc1OC)CN(C[C@H]1O[C@@H](c3ccc(CNC(=O)[C@@H](Cc4ccccc4)NS(=O)(=O)c4ccc(C)cc4)cc3)O[C@@H](c3ccc(CO)cc3)[C@H]1C)CC2. The number of nitrogens with zero attached hydrogens (tertiary/aromatic N) is 1. The fourth-order valence-corrected chi connectivity index (χ4v) is 8.99. The van der Waals surface area contributed by atoms with Crippen LogP contribution in [0.4, 0.5) is 0 Å². The van der Waals surface area contributed by atoms with Crippen molar-refractivity contribution in [2.45, 2.75) is 75.8 Å². The molecule has 2 heterocycles. The van der Waals surface area contributed by atoms with Crippen molar-refractivity contribution in [3.63, 3.8) is 0 Å². The summed E-state index contributed by atoms with van der Waals surface area (Å²) in [5, 5.41) is 12.6. The van der Waals surface area contributed by atoms with Crippen LogP contribution in [0.2, 0.25) is 0 Å². The molecule has 12 heteroatoms. The van der Waals surface area contributed by atoms with Gasteiger partial charge in [0.25, 0.3) is 0 Å². The molecule has 0 unspecified atom stereocenters. The average molecular weight is 820 g/mol. The van der Waals surface area contributed by atoms with Gasteiger partial charge in [0, 0.05) is 37.7 Å². The van der Waals surface area contributed by atoms with Crippen LogP contribution in [0.3, 0.4) is 0 Å². The first kappa shape index (κ1) is 42.1. The van der Waals surface area contributed by atoms with E-state index in [0.29, 0.717) is 12.3 Å². The second kappa shape index (κ2) is 18.9. The lowest BCUT2D eigenvalue weighted by atomic mass is 9.89. The Morgan fingerprint density at radius 1 is 0.831 bits per heavy atom. The number of sulfonamides is 1. The smallest absolute Gasteiger partial charge is 0.241 e. The van der Waals surface area contributed by atoms with Crippen LogP contribution in [0.25, 0.3) is 0 Å². The van der Waals surface area contributed by atoms with Gasteiger partial charge in [-0.2, -0.15) is 4.72 Å². The summed E-state index contributed by atoms with van der Waals surface area (Å²) < 4.78 is 54.0. The highest BCUT2D eigenvalue weighted by atomic mass is 32.2. The van der Waals surface area contributed by atoms with Gasteiger partial charge in [-0.25, -0.2) is 8.42 Å². The number of amides is 1. The van der Waals surface area contributed by atoms with Crippen LogP contribution < -0.4 is 19.5 Å². The molecule has 1 fully saturated rings. The maximum Gasteiger partial charge on any atom is 0.241 e. The minimum atomic E-state index is -3.97. The molecule has 59 heavy (non-hydrogen) atoms. The lowest BCUT2D eigenvalue weighted by Gasteiger charge is -2.43. The van der Waals surface area contributed by atoms with Crippen LogP contribution in [-0.2, 0) is 56.8 Å². The van der Waals surface area contributed by atoms with E-state index >= 15 is 0 Å². The fourth-order valence-electron chi connectivity index (χ4n) is 7.80. The van der Waals surface area contributed by atoms with Crippen LogP contribution in [0, 0.1) is 12.8 Å². The van der Waals surface area contributed by atoms with Gasteiger partial charge in [0.1, 0.15) is 6.04 Å². The summed E-state index contributed by atoms with van der Waals surface area (Å²) >= 11 is 0. The zero-order valence-corrected chi connectivity index (χ0v) is 34.8. The maximum atomic E-state index is 13.7. The Bertz CT molecular complexity index is 2290. The highest BCUT2D eigenvalue weighted by molar-refractivity contribution is 7.89. The number of benzene rings is 5. The quantitative estimate of drug-likeness (QED) is 0.107. The Kier molecular flexibility index (Phi) is 13.5. The molecule has 1 saturated heterocycles. The average Bonchev–Trinajstić information content (AvgIpc) is 3.26. The third kappa shape index (κ3) is 10.2. The van der Waals surface area contributed by atoms with Gasteiger partial charge in [0.15, 0.2) is 17.8 Å². The number of aryl methyl sites for hydroxylation is 1. The van der Waals surface area contributed by atoms with Gasteiger partial charge < -0.3 is 29.4 Å². The molecule has 0 spiro atoms. The maximum absolute atomic E-state index is 13.7. The molecule has 2 aliphatic rings. The summed E-state index contributed by atoms with van der Waals surface area (Å²) in [6, 6.07) is 34.6. The number of carbonyl (C=O) groups is 1. The van der Waals surface area contributed by atoms with Gasteiger partial charge in [-0.05, 0) is 77.4 Å². The molecule has 0 bridgehead atoms. The predicted octanol–water partition coefficient (Wildman–Crippen LogP) is 6.56. The Balaban J connectivity index is 1.06. The van der Waals surface area contributed by atoms with Crippen molar-refractivity contribution in [2.75, 3.05) is 27.3 Å². The minimum absolute atomic E-state index is 0.0137. The van der Waals surface area contributed by atoms with Crippen LogP contribution in [-0.4, -0.2) is 63.8 Å². The molecule has 3 N–H and O–H groups in total. The number of methoxy groups -OCH3 is 2. The molecular formula is C47H53N3O8S. The third-order valence-electron chi connectivity index (χ3n) is 11.3. The summed E-state index contributed by atoms with van der Waals surface area (Å²) in [4.78, 5) is 16.2. The summed E-state index contributed by atoms with van der Waals surface area (Å²) in [6.45, 7) is 6.52. The standard InChI is InChI=1S/C47H53N3O8S/c1-31-10-20-40(21-11-31)59(53,54)49-41(24-33-8-6-5-7-9-33)46(52)48-27-34-12-18-37(19-13-34)47-57-44(32(2)45(58-47)36-16-14-35(30-51)15-17-36)29-50-23-22-38-25-42(55-3)43(56-4)26-39(38)28-50/h5-21,25-26,32,41,44-45,47,49,51H,22-24,27-30H2,1-4H3,(H,48,52)/t32-,41+,44+,45+,47+/m0/s1. The molecule has 5 aromatic carbocycles. The normalized spacial score (nSPS) is 20.0. The van der Waals surface area contributed by atoms with Crippen molar-refractivity contribution in [3.8, 4) is 11.5 Å². The van der Waals surface area contributed by atoms with Gasteiger partial charge in [0.05, 0.1) is 37.9 Å². The van der Waals surface area contributed by atoms with Crippen molar-refractivity contribution in [1.29, 1.82) is 0 Å². The largest absolute Gasteiger partial charge is 0.493 e. The van der Waals surface area contributed by atoms with Gasteiger partial charge in [-0.1, -0.05) is 103 Å². The van der Waals surface area contributed by atoms with Gasteiger partial charge in [0.2, 0.25) is 15.9 Å². The van der Waals surface area contributed by atoms with Crippen LogP contribution in [0.15, 0.2) is 120 Å². The highest BCUT2D eigenvalue weighted by Gasteiger charge is 2.39. The number of aliphatic hydroxyl groups excluding tert-OH is 1. The number of hydrogen-bond donors (Lipinski definition) is 3. The topological polar surface area (TPSA) is 136 Å². The molecular weight excluding hydrogens is 767 g/mol. The molecule has 11 nitrogen and oxygen atoms in total. The first-order valence-electron chi connectivity index (χ1n) is 20.0. The lowest BCUT2D eigenvalue weighted by Crippen LogP contribution is -2.47. The van der Waals surface area contributed by atoms with E-state index in [1.54, 1.807) is 26.4 Å². The van der Waals surface area contributed by atoms with E-state index in [1.807, 2.05) is 85.8 Å². The van der Waals surface area contributed by atoms with E-state index in [-0.39, 0.29) is 42.6 Å². The molecule has 0 aliphatic carbocycles. The first-order chi connectivity index (χ1) is 28.5. The minimum Gasteiger partial charge on any atom is -0.493 e. The number of rotatable bonds is 15. The van der Waals surface area contributed by atoms with Crippen LogP contribution in [0.5, 0.6) is 11.5 Å². The van der Waals surface area contributed by atoms with Gasteiger partial charge >= 0.3 is 0 Å². The van der Waals surface area contributed by atoms with E-state index in [0.717, 1.165) is 58.6 Å². The van der Waals surface area contributed by atoms with Crippen molar-refractivity contribution in [1.82, 2.24) is 14.9 Å². The molecule has 5 atom stereocenters. The number of fused-ring (bicyclic) bond motifs is 1. The number of hydrogen-bond acceptors (Lipinski definition) is 9. The summed E-state index contributed by atoms with van der Waals surface area (Å²) in [5.41, 5.74) is 7.74. The number of aliphatic hydroxyl groups is 1. The van der Waals surface area contributed by atoms with Crippen molar-refractivity contribution in [2.24, 2.45) is 5.92 Å². The second-order valence-corrected chi connectivity index (χ2v) is 17.1. The molecule has 0 saturated carbocycles. The monoisotopic (exact) mass is 819 g/mol. The number of carbonyl (C=O) groups excluding carboxylic acids is 1. The fraction of sp³-hybridized carbons (Fsp3) is 0.340. The molecule has 310 valence electrons. The van der Waals surface area contributed by atoms with E-state index in [1.165, 1.54) is 23.3 Å². The Labute approximate surface area is 347 Å². The lowest BCUT2D eigenvalue weighted by molar-refractivity contribution is -0.276. The zero-order chi connectivity index (χ0) is 41.5. The number of nitrogens with one attached hydrogen (secondary N) is 2. The molecule has 7 rings (SSSR count). The van der Waals surface area contributed by atoms with Crippen molar-refractivity contribution < 1.29 is 37.3 Å². The Morgan fingerprint density at radius 3 is 2.14 bits per heavy atom. The first-order valence-corrected chi connectivity index (χ1v) is 21.5. The molecule has 5 aromatic rings. The van der Waals surface area contributed by atoms with Crippen LogP contribution >= 0.6 is 0 Å². The molecule has 1 amide bonds. The van der Waals surface area contributed by atoms with Crippen molar-refractivity contribution >= 4 is 15.9 Å². The van der Waals surface area contributed by atoms with E-state index in [9.17, 15) is 18.3 Å². The summed E-state index contributed by atoms with van der Waals surface area (Å²) in [5.74, 6) is 1.03. The van der Waals surface area contributed by atoms with Crippen molar-refractivity contribution in [3.05, 3.63) is 160 Å². The Hall–Kier alpha value is -5.08. The second-order valence-electron chi connectivity index (χ2n) is 15.4. The highest BCUT2D eigenvalue weighted by Crippen LogP contribution is 2.42. The zero-order valence-electron chi connectivity index (χ0n) is 34.0. The molecule has 0 radical (unpaired) electrons. The van der Waals surface area contributed by atoms with Gasteiger partial charge in [-0.15, -0.1) is 0 Å². The van der Waals surface area contributed by atoms with Crippen LogP contribution in [0.1, 0.15) is 63.8 Å². The van der Waals surface area contributed by atoms with E-state index in [4.69, 9.17) is 18.9 Å².